The van der Waals surface area contributed by atoms with Gasteiger partial charge in [-0.3, -0.25) is 9.13 Å². The van der Waals surface area contributed by atoms with Crippen molar-refractivity contribution >= 4 is 14.7 Å². The van der Waals surface area contributed by atoms with Crippen LogP contribution >= 0.6 is 14.7 Å². The molecule has 0 fully saturated rings. The van der Waals surface area contributed by atoms with Gasteiger partial charge in [-0.1, -0.05) is 70.2 Å². The maximum atomic E-state index is 14.1. The first-order valence-electron chi connectivity index (χ1n) is 13.2. The molecule has 0 bridgehead atoms. The normalized spacial score (nSPS) is 15.1. The molecule has 3 aromatic carbocycles. The van der Waals surface area contributed by atoms with Crippen LogP contribution in [0.2, 0.25) is 0 Å². The predicted octanol–water partition coefficient (Wildman–Crippen LogP) is 9.45. The smallest absolute Gasteiger partial charge is 0.287 e. The summed E-state index contributed by atoms with van der Waals surface area (Å²) in [6.07, 6.45) is 1.96. The largest absolute Gasteiger partial charge is 0.476 e. The van der Waals surface area contributed by atoms with Crippen molar-refractivity contribution in [3.05, 3.63) is 84.9 Å². The van der Waals surface area contributed by atoms with Gasteiger partial charge in [0.05, 0.1) is 0 Å². The lowest BCUT2D eigenvalue weighted by Crippen LogP contribution is -2.36. The molecule has 206 valence electrons. The minimum absolute atomic E-state index is 0.396. The molecular formula is C30H40O6P2. The molecule has 6 nitrogen and oxygen atoms in total. The minimum atomic E-state index is -3.34. The second-order valence-electron chi connectivity index (χ2n) is 9.49. The Balaban J connectivity index is 1.87. The Hall–Kier alpha value is -2.68. The van der Waals surface area contributed by atoms with E-state index in [9.17, 15) is 9.13 Å². The molecule has 0 spiro atoms. The fraction of sp³-hybridized carbons (Fsp3) is 0.400. The molecule has 3 aromatic rings. The molecular weight excluding hydrogens is 518 g/mol. The maximum Gasteiger partial charge on any atom is 0.287 e. The molecule has 3 rings (SSSR count). The third kappa shape index (κ3) is 6.47. The summed E-state index contributed by atoms with van der Waals surface area (Å²) in [6, 6.07) is 25.5. The molecule has 0 aliphatic rings. The maximum absolute atomic E-state index is 14.1. The van der Waals surface area contributed by atoms with E-state index in [-0.39, 0.29) is 0 Å². The summed E-state index contributed by atoms with van der Waals surface area (Å²) < 4.78 is 52.9. The van der Waals surface area contributed by atoms with Crippen LogP contribution in [0.1, 0.15) is 53.4 Å². The SMILES string of the molecule is CCC(CC)(Oc1cccc(OP(C)(=O)C(CC)(CC)Oc2ccccc2)c1)P(C)(=O)Oc1ccccc1. The van der Waals surface area contributed by atoms with Crippen LogP contribution in [0.5, 0.6) is 23.0 Å². The molecule has 0 radical (unpaired) electrons. The van der Waals surface area contributed by atoms with E-state index < -0.39 is 25.4 Å². The van der Waals surface area contributed by atoms with E-state index in [1.54, 1.807) is 49.7 Å². The van der Waals surface area contributed by atoms with E-state index in [0.717, 1.165) is 0 Å². The molecule has 0 N–H and O–H groups in total. The predicted molar refractivity (Wildman–Crippen MR) is 156 cm³/mol. The molecule has 0 aliphatic heterocycles. The molecule has 2 atom stereocenters. The number of ether oxygens (including phenoxy) is 2. The summed E-state index contributed by atoms with van der Waals surface area (Å²) >= 11 is 0. The first-order valence-corrected chi connectivity index (χ1v) is 17.3. The van der Waals surface area contributed by atoms with Gasteiger partial charge in [0.15, 0.2) is 10.7 Å². The summed E-state index contributed by atoms with van der Waals surface area (Å²) in [7, 11) is -6.63. The quantitative estimate of drug-likeness (QED) is 0.184. The zero-order valence-corrected chi connectivity index (χ0v) is 25.0. The summed E-state index contributed by atoms with van der Waals surface area (Å²) in [5.74, 6) is 2.04. The van der Waals surface area contributed by atoms with Crippen LogP contribution in [0.25, 0.3) is 0 Å². The van der Waals surface area contributed by atoms with Gasteiger partial charge >= 0.3 is 0 Å². The summed E-state index contributed by atoms with van der Waals surface area (Å²) in [5.41, 5.74) is 0. The van der Waals surface area contributed by atoms with Gasteiger partial charge in [-0.15, -0.1) is 0 Å². The van der Waals surface area contributed by atoms with Gasteiger partial charge in [-0.05, 0) is 62.1 Å². The first kappa shape index (κ1) is 29.9. The fourth-order valence-corrected chi connectivity index (χ4v) is 8.89. The van der Waals surface area contributed by atoms with Crippen LogP contribution in [0.15, 0.2) is 84.9 Å². The van der Waals surface area contributed by atoms with Crippen molar-refractivity contribution in [2.45, 2.75) is 64.1 Å². The Morgan fingerprint density at radius 1 is 0.526 bits per heavy atom. The van der Waals surface area contributed by atoms with Crippen molar-refractivity contribution in [2.24, 2.45) is 0 Å². The van der Waals surface area contributed by atoms with Gasteiger partial charge in [0, 0.05) is 19.4 Å². The second kappa shape index (κ2) is 12.5. The van der Waals surface area contributed by atoms with Crippen molar-refractivity contribution in [2.75, 3.05) is 13.3 Å². The van der Waals surface area contributed by atoms with Crippen molar-refractivity contribution < 1.29 is 27.7 Å². The zero-order chi connectivity index (χ0) is 27.9. The molecule has 0 saturated heterocycles. The summed E-state index contributed by atoms with van der Waals surface area (Å²) in [5, 5.41) is -2.05. The second-order valence-corrected chi connectivity index (χ2v) is 14.9. The third-order valence-electron chi connectivity index (χ3n) is 7.16. The van der Waals surface area contributed by atoms with Crippen LogP contribution < -0.4 is 18.5 Å². The molecule has 8 heteroatoms. The minimum Gasteiger partial charge on any atom is -0.476 e. The number of para-hydroxylation sites is 2. The average Bonchev–Trinajstić information content (AvgIpc) is 2.91. The Labute approximate surface area is 227 Å². The average molecular weight is 559 g/mol. The lowest BCUT2D eigenvalue weighted by molar-refractivity contribution is 0.128. The molecule has 0 aliphatic carbocycles. The van der Waals surface area contributed by atoms with Crippen LogP contribution in [0, 0.1) is 0 Å². The Morgan fingerprint density at radius 3 is 1.37 bits per heavy atom. The van der Waals surface area contributed by atoms with Gasteiger partial charge in [-0.25, -0.2) is 0 Å². The number of hydrogen-bond acceptors (Lipinski definition) is 6. The summed E-state index contributed by atoms with van der Waals surface area (Å²) in [6.45, 7) is 11.0. The highest BCUT2D eigenvalue weighted by atomic mass is 31.2. The lowest BCUT2D eigenvalue weighted by atomic mass is 10.2. The Bertz CT molecular complexity index is 1250. The molecule has 2 unspecified atom stereocenters. The number of hydrogen-bond donors (Lipinski definition) is 0. The molecule has 38 heavy (non-hydrogen) atoms. The van der Waals surface area contributed by atoms with Gasteiger partial charge in [-0.2, -0.15) is 0 Å². The van der Waals surface area contributed by atoms with Crippen molar-refractivity contribution in [3.8, 4) is 23.0 Å². The van der Waals surface area contributed by atoms with E-state index in [4.69, 9.17) is 18.5 Å². The molecule has 0 saturated carbocycles. The summed E-state index contributed by atoms with van der Waals surface area (Å²) in [4.78, 5) is 0. The Kier molecular flexibility index (Phi) is 9.79. The Morgan fingerprint density at radius 2 is 0.895 bits per heavy atom. The van der Waals surface area contributed by atoms with Crippen molar-refractivity contribution in [3.63, 3.8) is 0 Å². The van der Waals surface area contributed by atoms with Crippen LogP contribution in [-0.2, 0) is 9.13 Å². The van der Waals surface area contributed by atoms with Crippen LogP contribution in [-0.4, -0.2) is 24.0 Å². The van der Waals surface area contributed by atoms with E-state index in [1.807, 2.05) is 76.2 Å². The van der Waals surface area contributed by atoms with E-state index in [0.29, 0.717) is 48.7 Å². The zero-order valence-electron chi connectivity index (χ0n) is 23.3. The molecule has 0 amide bonds. The standard InChI is InChI=1S/C30H40O6P2/c1-7-29(8-2,33-25-18-13-11-14-19-25)38(6,32)36-28-23-17-22-27(24-28)34-30(9-3,10-4)37(5,31)35-26-20-15-12-16-21-26/h11-24H,7-10H2,1-6H3. The van der Waals surface area contributed by atoms with Gasteiger partial charge < -0.3 is 18.5 Å². The fourth-order valence-electron chi connectivity index (χ4n) is 4.68. The van der Waals surface area contributed by atoms with Crippen LogP contribution in [0.3, 0.4) is 0 Å². The monoisotopic (exact) mass is 558 g/mol. The van der Waals surface area contributed by atoms with Gasteiger partial charge in [0.25, 0.3) is 14.7 Å². The van der Waals surface area contributed by atoms with Crippen molar-refractivity contribution in [1.29, 1.82) is 0 Å². The van der Waals surface area contributed by atoms with Gasteiger partial charge in [0.2, 0.25) is 0 Å². The molecule has 0 aromatic heterocycles. The lowest BCUT2D eigenvalue weighted by Gasteiger charge is -2.38. The van der Waals surface area contributed by atoms with E-state index in [1.165, 1.54) is 0 Å². The number of rotatable bonds is 14. The number of benzene rings is 3. The molecule has 0 heterocycles. The van der Waals surface area contributed by atoms with E-state index in [2.05, 4.69) is 0 Å². The van der Waals surface area contributed by atoms with Crippen LogP contribution in [0.4, 0.5) is 0 Å². The highest BCUT2D eigenvalue weighted by Gasteiger charge is 2.48. The highest BCUT2D eigenvalue weighted by molar-refractivity contribution is 7.60. The topological polar surface area (TPSA) is 71.1 Å². The van der Waals surface area contributed by atoms with Crippen molar-refractivity contribution in [1.82, 2.24) is 0 Å². The highest BCUT2D eigenvalue weighted by Crippen LogP contribution is 2.61. The van der Waals surface area contributed by atoms with E-state index >= 15 is 0 Å². The third-order valence-corrected chi connectivity index (χ3v) is 12.7. The van der Waals surface area contributed by atoms with Gasteiger partial charge in [0.1, 0.15) is 23.0 Å². The first-order chi connectivity index (χ1) is 18.1.